The average Bonchev–Trinajstić information content (AvgIpc) is 2.95. The Morgan fingerprint density at radius 1 is 0.962 bits per heavy atom. The van der Waals surface area contributed by atoms with Crippen molar-refractivity contribution in [1.82, 2.24) is 0 Å². The van der Waals surface area contributed by atoms with Crippen molar-refractivity contribution in [3.8, 4) is 0 Å². The predicted molar refractivity (Wildman–Crippen MR) is 104 cm³/mol. The maximum Gasteiger partial charge on any atom is 0.210 e. The molecule has 0 saturated heterocycles. The molecule has 4 nitrogen and oxygen atoms in total. The predicted octanol–water partition coefficient (Wildman–Crippen LogP) is 4.43. The average molecular weight is 370 g/mol. The molecule has 26 heavy (non-hydrogen) atoms. The molecule has 5 heteroatoms. The number of hydrogen-bond donors (Lipinski definition) is 1. The van der Waals surface area contributed by atoms with Crippen molar-refractivity contribution >= 4 is 28.2 Å². The van der Waals surface area contributed by atoms with Crippen LogP contribution in [0, 0.1) is 0 Å². The number of carbonyl (C=O) groups is 1. The molecule has 0 saturated carbocycles. The van der Waals surface area contributed by atoms with Crippen molar-refractivity contribution in [1.29, 1.82) is 0 Å². The van der Waals surface area contributed by atoms with Gasteiger partial charge in [-0.1, -0.05) is 68.4 Å². The summed E-state index contributed by atoms with van der Waals surface area (Å²) in [7, 11) is 0. The third-order valence-electron chi connectivity index (χ3n) is 4.88. The molecule has 0 aromatic heterocycles. The lowest BCUT2D eigenvalue weighted by atomic mass is 9.86. The summed E-state index contributed by atoms with van der Waals surface area (Å²) in [5, 5.41) is 0. The van der Waals surface area contributed by atoms with Crippen LogP contribution in [0.25, 0.3) is 11.3 Å². The first-order valence-electron chi connectivity index (χ1n) is 8.71. The Morgan fingerprint density at radius 2 is 1.58 bits per heavy atom. The summed E-state index contributed by atoms with van der Waals surface area (Å²) in [6.45, 7) is 3.93. The van der Waals surface area contributed by atoms with E-state index >= 15 is 0 Å². The third-order valence-corrected chi connectivity index (χ3v) is 5.46. The monoisotopic (exact) mass is 370 g/mol. The van der Waals surface area contributed by atoms with E-state index in [9.17, 15) is 9.00 Å². The van der Waals surface area contributed by atoms with Gasteiger partial charge < -0.3 is 9.29 Å². The highest BCUT2D eigenvalue weighted by molar-refractivity contribution is 7.78. The second-order valence-electron chi connectivity index (χ2n) is 6.37. The molecule has 136 valence electrons. The maximum atomic E-state index is 13.2. The summed E-state index contributed by atoms with van der Waals surface area (Å²) in [6, 6.07) is 16.8. The second kappa shape index (κ2) is 7.56. The van der Waals surface area contributed by atoms with Gasteiger partial charge in [0.15, 0.2) is 16.7 Å². The van der Waals surface area contributed by atoms with Crippen LogP contribution in [0.4, 0.5) is 0 Å². The van der Waals surface area contributed by atoms with Crippen molar-refractivity contribution < 1.29 is 18.3 Å². The van der Waals surface area contributed by atoms with E-state index < -0.39 is 16.7 Å². The van der Waals surface area contributed by atoms with Gasteiger partial charge in [-0.15, -0.1) is 0 Å². The van der Waals surface area contributed by atoms with Crippen LogP contribution in [0.15, 0.2) is 54.6 Å². The Labute approximate surface area is 156 Å². The topological polar surface area (TPSA) is 63.6 Å². The molecule has 1 unspecified atom stereocenters. The van der Waals surface area contributed by atoms with Gasteiger partial charge in [-0.2, -0.15) is 0 Å². The SMILES string of the molecule is CCC1(CC)OC(c2ccc(CS(=O)O)cc2)=C(c2ccccc2)C1=O. The summed E-state index contributed by atoms with van der Waals surface area (Å²) < 4.78 is 26.3. The van der Waals surface area contributed by atoms with E-state index in [1.165, 1.54) is 0 Å². The number of hydrogen-bond acceptors (Lipinski definition) is 3. The molecule has 2 aromatic carbocycles. The first-order chi connectivity index (χ1) is 12.5. The van der Waals surface area contributed by atoms with Crippen molar-refractivity contribution in [2.45, 2.75) is 38.0 Å². The second-order valence-corrected chi connectivity index (χ2v) is 7.30. The first kappa shape index (κ1) is 18.5. The lowest BCUT2D eigenvalue weighted by Gasteiger charge is -2.25. The van der Waals surface area contributed by atoms with Crippen molar-refractivity contribution in [2.75, 3.05) is 0 Å². The minimum atomic E-state index is -1.88. The number of ether oxygens (including phenoxy) is 1. The molecule has 1 aliphatic heterocycles. The fourth-order valence-corrected chi connectivity index (χ4v) is 3.78. The maximum absolute atomic E-state index is 13.2. The van der Waals surface area contributed by atoms with Gasteiger partial charge in [-0.3, -0.25) is 4.79 Å². The molecular weight excluding hydrogens is 348 g/mol. The fraction of sp³-hybridized carbons (Fsp3) is 0.286. The Morgan fingerprint density at radius 3 is 2.12 bits per heavy atom. The van der Waals surface area contributed by atoms with Gasteiger partial charge in [-0.05, 0) is 24.0 Å². The lowest BCUT2D eigenvalue weighted by molar-refractivity contribution is -0.128. The minimum Gasteiger partial charge on any atom is -0.478 e. The van der Waals surface area contributed by atoms with Crippen LogP contribution in [-0.4, -0.2) is 20.1 Å². The van der Waals surface area contributed by atoms with Crippen LogP contribution >= 0.6 is 0 Å². The zero-order chi connectivity index (χ0) is 18.7. The molecule has 1 heterocycles. The zero-order valence-electron chi connectivity index (χ0n) is 14.9. The van der Waals surface area contributed by atoms with Crippen LogP contribution in [-0.2, 0) is 26.4 Å². The van der Waals surface area contributed by atoms with E-state index in [2.05, 4.69) is 0 Å². The summed E-state index contributed by atoms with van der Waals surface area (Å²) in [5.74, 6) is 0.684. The molecule has 0 radical (unpaired) electrons. The van der Waals surface area contributed by atoms with Crippen molar-refractivity contribution in [3.63, 3.8) is 0 Å². The Hall–Kier alpha value is -2.24. The molecule has 1 N–H and O–H groups in total. The van der Waals surface area contributed by atoms with Gasteiger partial charge >= 0.3 is 0 Å². The quantitative estimate of drug-likeness (QED) is 0.764. The van der Waals surface area contributed by atoms with Crippen LogP contribution in [0.5, 0.6) is 0 Å². The number of benzene rings is 2. The van der Waals surface area contributed by atoms with E-state index in [1.54, 1.807) is 12.1 Å². The standard InChI is InChI=1S/C21H22O4S/c1-3-21(4-2)20(22)18(16-8-6-5-7-9-16)19(25-21)17-12-10-15(11-13-17)14-26(23)24/h5-13H,3-4,14H2,1-2H3,(H,23,24). The van der Waals surface area contributed by atoms with Gasteiger partial charge in [0.1, 0.15) is 5.76 Å². The van der Waals surface area contributed by atoms with Gasteiger partial charge in [-0.25, -0.2) is 4.21 Å². The summed E-state index contributed by atoms with van der Waals surface area (Å²) in [4.78, 5) is 13.2. The zero-order valence-corrected chi connectivity index (χ0v) is 15.7. The van der Waals surface area contributed by atoms with Crippen LogP contribution < -0.4 is 0 Å². The van der Waals surface area contributed by atoms with E-state index in [0.717, 1.165) is 16.7 Å². The lowest BCUT2D eigenvalue weighted by Crippen LogP contribution is -2.35. The molecule has 0 spiro atoms. The third kappa shape index (κ3) is 3.37. The van der Waals surface area contributed by atoms with Crippen LogP contribution in [0.3, 0.4) is 0 Å². The molecule has 3 rings (SSSR count). The summed E-state index contributed by atoms with van der Waals surface area (Å²) >= 11 is -1.88. The Bertz CT molecular complexity index is 849. The van der Waals surface area contributed by atoms with Gasteiger partial charge in [0, 0.05) is 5.56 Å². The largest absolute Gasteiger partial charge is 0.478 e. The van der Waals surface area contributed by atoms with E-state index in [-0.39, 0.29) is 11.5 Å². The Balaban J connectivity index is 2.09. The number of rotatable bonds is 6. The first-order valence-corrected chi connectivity index (χ1v) is 9.98. The highest BCUT2D eigenvalue weighted by Crippen LogP contribution is 2.44. The number of Topliss-reactive ketones (excluding diaryl/α,β-unsaturated/α-hetero) is 1. The highest BCUT2D eigenvalue weighted by atomic mass is 32.2. The minimum absolute atomic E-state index is 0.0178. The number of carbonyl (C=O) groups excluding carboxylic acids is 1. The fourth-order valence-electron chi connectivity index (χ4n) is 3.30. The molecule has 0 amide bonds. The van der Waals surface area contributed by atoms with Gasteiger partial charge in [0.25, 0.3) is 0 Å². The van der Waals surface area contributed by atoms with Gasteiger partial charge in [0.2, 0.25) is 5.78 Å². The van der Waals surface area contributed by atoms with E-state index in [4.69, 9.17) is 9.29 Å². The smallest absolute Gasteiger partial charge is 0.210 e. The molecular formula is C21H22O4S. The number of ketones is 1. The van der Waals surface area contributed by atoms with Gasteiger partial charge in [0.05, 0.1) is 11.3 Å². The summed E-state index contributed by atoms with van der Waals surface area (Å²) in [5.41, 5.74) is 2.18. The highest BCUT2D eigenvalue weighted by Gasteiger charge is 2.47. The molecule has 1 aliphatic rings. The van der Waals surface area contributed by atoms with E-state index in [0.29, 0.717) is 24.2 Å². The van der Waals surface area contributed by atoms with Crippen LogP contribution in [0.2, 0.25) is 0 Å². The Kier molecular flexibility index (Phi) is 5.39. The normalized spacial score (nSPS) is 17.3. The van der Waals surface area contributed by atoms with E-state index in [1.807, 2.05) is 56.3 Å². The van der Waals surface area contributed by atoms with Crippen molar-refractivity contribution in [2.24, 2.45) is 0 Å². The molecule has 0 bridgehead atoms. The van der Waals surface area contributed by atoms with Crippen LogP contribution in [0.1, 0.15) is 43.4 Å². The molecule has 0 aliphatic carbocycles. The summed E-state index contributed by atoms with van der Waals surface area (Å²) in [6.07, 6.45) is 1.20. The molecule has 2 aromatic rings. The molecule has 0 fully saturated rings. The molecule has 1 atom stereocenters. The van der Waals surface area contributed by atoms with Crippen molar-refractivity contribution in [3.05, 3.63) is 71.3 Å².